The minimum atomic E-state index is -0.220. The van der Waals surface area contributed by atoms with Crippen LogP contribution in [0, 0.1) is 5.92 Å². The van der Waals surface area contributed by atoms with Gasteiger partial charge in [0, 0.05) is 5.75 Å². The molecule has 0 saturated carbocycles. The van der Waals surface area contributed by atoms with Crippen LogP contribution in [0.1, 0.15) is 6.92 Å². The highest BCUT2D eigenvalue weighted by atomic mass is 32.2. The lowest BCUT2D eigenvalue weighted by molar-refractivity contribution is 0.532. The molecule has 1 nitrogen and oxygen atoms in total. The van der Waals surface area contributed by atoms with Gasteiger partial charge in [0.15, 0.2) is 0 Å². The zero-order chi connectivity index (χ0) is 7.11. The summed E-state index contributed by atoms with van der Waals surface area (Å²) >= 11 is 1.63. The fourth-order valence-corrected chi connectivity index (χ4v) is 1.22. The maximum atomic E-state index is 11.5. The van der Waals surface area contributed by atoms with Crippen molar-refractivity contribution in [2.45, 2.75) is 6.92 Å². The first kappa shape index (κ1) is 9.24. The number of halogens is 1. The summed E-state index contributed by atoms with van der Waals surface area (Å²) in [5.41, 5.74) is 5.35. The maximum absolute atomic E-state index is 11.5. The van der Waals surface area contributed by atoms with Crippen molar-refractivity contribution in [2.75, 3.05) is 24.7 Å². The Labute approximate surface area is 60.2 Å². The van der Waals surface area contributed by atoms with Crippen LogP contribution in [0.15, 0.2) is 0 Å². The van der Waals surface area contributed by atoms with E-state index in [1.54, 1.807) is 11.8 Å². The fraction of sp³-hybridized carbons (Fsp3) is 1.00. The Morgan fingerprint density at radius 3 is 2.78 bits per heavy atom. The molecular formula is C6H14FNS. The van der Waals surface area contributed by atoms with Crippen molar-refractivity contribution in [3.63, 3.8) is 0 Å². The molecule has 0 aromatic heterocycles. The van der Waals surface area contributed by atoms with Crippen molar-refractivity contribution < 1.29 is 4.39 Å². The van der Waals surface area contributed by atoms with Crippen LogP contribution in [-0.2, 0) is 0 Å². The number of rotatable bonds is 5. The zero-order valence-corrected chi connectivity index (χ0v) is 6.59. The Hall–Kier alpha value is 0.240. The van der Waals surface area contributed by atoms with Gasteiger partial charge in [-0.1, -0.05) is 6.92 Å². The first-order chi connectivity index (χ1) is 4.31. The molecule has 1 atom stereocenters. The topological polar surface area (TPSA) is 26.0 Å². The molecule has 1 unspecified atom stereocenters. The van der Waals surface area contributed by atoms with Crippen LogP contribution < -0.4 is 5.73 Å². The van der Waals surface area contributed by atoms with E-state index in [0.29, 0.717) is 18.2 Å². The number of nitrogens with two attached hydrogens (primary N) is 1. The van der Waals surface area contributed by atoms with Crippen LogP contribution in [0.4, 0.5) is 4.39 Å². The molecule has 3 heteroatoms. The number of hydrogen-bond acceptors (Lipinski definition) is 2. The summed E-state index contributed by atoms with van der Waals surface area (Å²) < 4.78 is 11.5. The molecule has 0 aromatic carbocycles. The first-order valence-corrected chi connectivity index (χ1v) is 4.30. The van der Waals surface area contributed by atoms with Gasteiger partial charge in [0.1, 0.15) is 0 Å². The van der Waals surface area contributed by atoms with Gasteiger partial charge >= 0.3 is 0 Å². The number of thioether (sulfide) groups is 1. The van der Waals surface area contributed by atoms with E-state index >= 15 is 0 Å². The van der Waals surface area contributed by atoms with Gasteiger partial charge in [-0.25, -0.2) is 0 Å². The fourth-order valence-electron chi connectivity index (χ4n) is 0.407. The van der Waals surface area contributed by atoms with Gasteiger partial charge in [-0.05, 0) is 18.2 Å². The van der Waals surface area contributed by atoms with Gasteiger partial charge in [0.05, 0.1) is 6.67 Å². The SMILES string of the molecule is CC(CN)CSCCF. The summed E-state index contributed by atoms with van der Waals surface area (Å²) in [6.45, 7) is 2.56. The molecule has 0 spiro atoms. The van der Waals surface area contributed by atoms with E-state index in [2.05, 4.69) is 6.92 Å². The van der Waals surface area contributed by atoms with E-state index in [0.717, 1.165) is 5.75 Å². The summed E-state index contributed by atoms with van der Waals surface area (Å²) in [4.78, 5) is 0. The molecule has 0 radical (unpaired) electrons. The molecule has 0 aliphatic rings. The predicted molar refractivity (Wildman–Crippen MR) is 41.5 cm³/mol. The average Bonchev–Trinajstić information content (AvgIpc) is 1.89. The second-order valence-corrected chi connectivity index (χ2v) is 3.25. The van der Waals surface area contributed by atoms with Crippen molar-refractivity contribution in [3.8, 4) is 0 Å². The Morgan fingerprint density at radius 2 is 2.33 bits per heavy atom. The zero-order valence-electron chi connectivity index (χ0n) is 5.77. The molecule has 56 valence electrons. The lowest BCUT2D eigenvalue weighted by atomic mass is 10.2. The Kier molecular flexibility index (Phi) is 6.53. The van der Waals surface area contributed by atoms with Crippen LogP contribution in [0.2, 0.25) is 0 Å². The third-order valence-corrected chi connectivity index (χ3v) is 2.27. The highest BCUT2D eigenvalue weighted by Gasteiger charge is 1.97. The number of hydrogen-bond donors (Lipinski definition) is 1. The summed E-state index contributed by atoms with van der Waals surface area (Å²) in [6, 6.07) is 0. The molecule has 0 aliphatic heterocycles. The second kappa shape index (κ2) is 6.36. The molecule has 0 saturated heterocycles. The van der Waals surface area contributed by atoms with E-state index in [1.165, 1.54) is 0 Å². The maximum Gasteiger partial charge on any atom is 0.0984 e. The molecule has 9 heavy (non-hydrogen) atoms. The summed E-state index contributed by atoms with van der Waals surface area (Å²) in [5, 5.41) is 0. The van der Waals surface area contributed by atoms with Gasteiger partial charge in [0.25, 0.3) is 0 Å². The molecule has 0 amide bonds. The van der Waals surface area contributed by atoms with Crippen LogP contribution in [0.5, 0.6) is 0 Å². The van der Waals surface area contributed by atoms with Gasteiger partial charge in [-0.15, -0.1) is 0 Å². The lowest BCUT2D eigenvalue weighted by Crippen LogP contribution is -2.13. The van der Waals surface area contributed by atoms with Crippen molar-refractivity contribution >= 4 is 11.8 Å². The normalized spacial score (nSPS) is 13.7. The third kappa shape index (κ3) is 6.12. The van der Waals surface area contributed by atoms with E-state index in [1.807, 2.05) is 0 Å². The van der Waals surface area contributed by atoms with E-state index in [9.17, 15) is 4.39 Å². The standard InChI is InChI=1S/C6H14FNS/c1-6(4-8)5-9-3-2-7/h6H,2-5,8H2,1H3. The summed E-state index contributed by atoms with van der Waals surface area (Å²) in [5.74, 6) is 2.13. The molecule has 0 bridgehead atoms. The van der Waals surface area contributed by atoms with Crippen molar-refractivity contribution in [3.05, 3.63) is 0 Å². The smallest absolute Gasteiger partial charge is 0.0984 e. The summed E-state index contributed by atoms with van der Waals surface area (Å²) in [6.07, 6.45) is 0. The van der Waals surface area contributed by atoms with Crippen LogP contribution in [0.25, 0.3) is 0 Å². The Bertz CT molecular complexity index is 61.0. The van der Waals surface area contributed by atoms with E-state index in [-0.39, 0.29) is 6.67 Å². The molecule has 0 aromatic rings. The predicted octanol–water partition coefficient (Wildman–Crippen LogP) is 1.28. The van der Waals surface area contributed by atoms with Crippen molar-refractivity contribution in [1.82, 2.24) is 0 Å². The lowest BCUT2D eigenvalue weighted by Gasteiger charge is -2.04. The van der Waals surface area contributed by atoms with Crippen LogP contribution >= 0.6 is 11.8 Å². The monoisotopic (exact) mass is 151 g/mol. The van der Waals surface area contributed by atoms with E-state index < -0.39 is 0 Å². The van der Waals surface area contributed by atoms with Gasteiger partial charge in [0.2, 0.25) is 0 Å². The molecular weight excluding hydrogens is 137 g/mol. The number of alkyl halides is 1. The van der Waals surface area contributed by atoms with Gasteiger partial charge in [-0.2, -0.15) is 11.8 Å². The molecule has 0 rings (SSSR count). The molecule has 0 aliphatic carbocycles. The Balaban J connectivity index is 2.88. The van der Waals surface area contributed by atoms with Crippen molar-refractivity contribution in [2.24, 2.45) is 11.7 Å². The second-order valence-electron chi connectivity index (χ2n) is 2.10. The van der Waals surface area contributed by atoms with Gasteiger partial charge < -0.3 is 5.73 Å². The van der Waals surface area contributed by atoms with Crippen LogP contribution in [0.3, 0.4) is 0 Å². The van der Waals surface area contributed by atoms with E-state index in [4.69, 9.17) is 5.73 Å². The minimum absolute atomic E-state index is 0.220. The third-order valence-electron chi connectivity index (χ3n) is 1.03. The minimum Gasteiger partial charge on any atom is -0.330 e. The summed E-state index contributed by atoms with van der Waals surface area (Å²) in [7, 11) is 0. The highest BCUT2D eigenvalue weighted by molar-refractivity contribution is 7.99. The molecule has 0 fully saturated rings. The first-order valence-electron chi connectivity index (χ1n) is 3.15. The highest BCUT2D eigenvalue weighted by Crippen LogP contribution is 2.05. The Morgan fingerprint density at radius 1 is 1.67 bits per heavy atom. The van der Waals surface area contributed by atoms with Gasteiger partial charge in [-0.3, -0.25) is 4.39 Å². The average molecular weight is 151 g/mol. The molecule has 2 N–H and O–H groups in total. The largest absolute Gasteiger partial charge is 0.330 e. The van der Waals surface area contributed by atoms with Crippen molar-refractivity contribution in [1.29, 1.82) is 0 Å². The quantitative estimate of drug-likeness (QED) is 0.599. The molecule has 0 heterocycles. The van der Waals surface area contributed by atoms with Crippen LogP contribution in [-0.4, -0.2) is 24.7 Å².